The van der Waals surface area contributed by atoms with Gasteiger partial charge in [0.1, 0.15) is 12.4 Å². The predicted molar refractivity (Wildman–Crippen MR) is 109 cm³/mol. The van der Waals surface area contributed by atoms with Crippen molar-refractivity contribution in [2.45, 2.75) is 25.0 Å². The highest BCUT2D eigenvalue weighted by Gasteiger charge is 2.34. The maximum atomic E-state index is 11.9. The van der Waals surface area contributed by atoms with Gasteiger partial charge in [-0.15, -0.1) is 0 Å². The minimum Gasteiger partial charge on any atom is -0.489 e. The third kappa shape index (κ3) is 3.55. The van der Waals surface area contributed by atoms with Gasteiger partial charge in [0, 0.05) is 46.3 Å². The molecule has 2 heterocycles. The molecule has 2 aromatic carbocycles. The van der Waals surface area contributed by atoms with E-state index in [1.165, 1.54) is 0 Å². The Morgan fingerprint density at radius 3 is 2.64 bits per heavy atom. The SMILES string of the molecule is COC1(c2cccc(OCc3ccc4ccc(=O)n(C)c4c3)c2)CCOCC1. The normalized spacial score (nSPS) is 16.2. The van der Waals surface area contributed by atoms with Gasteiger partial charge in [-0.3, -0.25) is 4.79 Å². The number of aryl methyl sites for hydroxylation is 1. The first-order valence-corrected chi connectivity index (χ1v) is 9.56. The van der Waals surface area contributed by atoms with E-state index in [1.54, 1.807) is 24.8 Å². The van der Waals surface area contributed by atoms with Gasteiger partial charge in [0.25, 0.3) is 5.56 Å². The van der Waals surface area contributed by atoms with Crippen LogP contribution in [-0.2, 0) is 28.7 Å². The monoisotopic (exact) mass is 379 g/mol. The Bertz CT molecular complexity index is 1030. The van der Waals surface area contributed by atoms with Crippen LogP contribution in [-0.4, -0.2) is 24.9 Å². The third-order valence-corrected chi connectivity index (χ3v) is 5.65. The summed E-state index contributed by atoms with van der Waals surface area (Å²) in [7, 11) is 3.55. The molecule has 0 aliphatic carbocycles. The molecule has 0 spiro atoms. The predicted octanol–water partition coefficient (Wildman–Crippen LogP) is 3.77. The Labute approximate surface area is 164 Å². The quantitative estimate of drug-likeness (QED) is 0.677. The highest BCUT2D eigenvalue weighted by Crippen LogP contribution is 2.36. The van der Waals surface area contributed by atoms with Crippen molar-refractivity contribution in [1.29, 1.82) is 0 Å². The topological polar surface area (TPSA) is 49.7 Å². The first-order valence-electron chi connectivity index (χ1n) is 9.56. The fourth-order valence-electron chi connectivity index (χ4n) is 3.85. The zero-order chi connectivity index (χ0) is 19.6. The Balaban J connectivity index is 1.55. The Hall–Kier alpha value is -2.63. The van der Waals surface area contributed by atoms with Crippen LogP contribution in [0, 0.1) is 0 Å². The largest absolute Gasteiger partial charge is 0.489 e. The summed E-state index contributed by atoms with van der Waals surface area (Å²) in [6.07, 6.45) is 1.68. The van der Waals surface area contributed by atoms with Crippen molar-refractivity contribution in [2.24, 2.45) is 7.05 Å². The average molecular weight is 379 g/mol. The number of benzene rings is 2. The lowest BCUT2D eigenvalue weighted by molar-refractivity contribution is -0.0948. The van der Waals surface area contributed by atoms with Crippen molar-refractivity contribution in [3.63, 3.8) is 0 Å². The first-order chi connectivity index (χ1) is 13.6. The molecule has 1 aliphatic heterocycles. The molecule has 146 valence electrons. The summed E-state index contributed by atoms with van der Waals surface area (Å²) in [6.45, 7) is 1.84. The fourth-order valence-corrected chi connectivity index (χ4v) is 3.85. The van der Waals surface area contributed by atoms with Gasteiger partial charge in [0.05, 0.1) is 11.1 Å². The van der Waals surface area contributed by atoms with Crippen LogP contribution in [0.2, 0.25) is 0 Å². The molecule has 4 rings (SSSR count). The zero-order valence-corrected chi connectivity index (χ0v) is 16.3. The maximum absolute atomic E-state index is 11.9. The lowest BCUT2D eigenvalue weighted by Gasteiger charge is -2.36. The number of fused-ring (bicyclic) bond motifs is 1. The van der Waals surface area contributed by atoms with Gasteiger partial charge in [-0.2, -0.15) is 0 Å². The van der Waals surface area contributed by atoms with Crippen LogP contribution in [0.15, 0.2) is 59.4 Å². The summed E-state index contributed by atoms with van der Waals surface area (Å²) < 4.78 is 19.1. The van der Waals surface area contributed by atoms with E-state index in [4.69, 9.17) is 14.2 Å². The molecule has 0 bridgehead atoms. The molecule has 5 heteroatoms. The van der Waals surface area contributed by atoms with Gasteiger partial charge in [-0.25, -0.2) is 0 Å². The minimum atomic E-state index is -0.307. The molecule has 28 heavy (non-hydrogen) atoms. The summed E-state index contributed by atoms with van der Waals surface area (Å²) in [5, 5.41) is 1.04. The number of aromatic nitrogens is 1. The van der Waals surface area contributed by atoms with Gasteiger partial charge >= 0.3 is 0 Å². The summed E-state index contributed by atoms with van der Waals surface area (Å²) >= 11 is 0. The molecule has 0 amide bonds. The number of ether oxygens (including phenoxy) is 3. The van der Waals surface area contributed by atoms with Crippen LogP contribution in [0.25, 0.3) is 10.9 Å². The molecule has 0 N–H and O–H groups in total. The van der Waals surface area contributed by atoms with E-state index in [9.17, 15) is 4.79 Å². The lowest BCUT2D eigenvalue weighted by atomic mass is 9.86. The van der Waals surface area contributed by atoms with Crippen molar-refractivity contribution in [3.8, 4) is 5.75 Å². The van der Waals surface area contributed by atoms with Crippen LogP contribution in [0.1, 0.15) is 24.0 Å². The second kappa shape index (κ2) is 7.78. The van der Waals surface area contributed by atoms with Crippen molar-refractivity contribution < 1.29 is 14.2 Å². The van der Waals surface area contributed by atoms with Crippen molar-refractivity contribution in [3.05, 3.63) is 76.1 Å². The van der Waals surface area contributed by atoms with Gasteiger partial charge in [0.2, 0.25) is 0 Å². The molecular weight excluding hydrogens is 354 g/mol. The molecular formula is C23H25NO4. The molecule has 3 aromatic rings. The van der Waals surface area contributed by atoms with Crippen molar-refractivity contribution >= 4 is 10.9 Å². The van der Waals surface area contributed by atoms with E-state index in [1.807, 2.05) is 36.4 Å². The number of hydrogen-bond acceptors (Lipinski definition) is 4. The van der Waals surface area contributed by atoms with E-state index in [0.29, 0.717) is 19.8 Å². The molecule has 1 fully saturated rings. The summed E-state index contributed by atoms with van der Waals surface area (Å²) in [4.78, 5) is 11.9. The van der Waals surface area contributed by atoms with Gasteiger partial charge in [-0.1, -0.05) is 24.3 Å². The Morgan fingerprint density at radius 1 is 1.07 bits per heavy atom. The molecule has 0 saturated carbocycles. The second-order valence-electron chi connectivity index (χ2n) is 7.25. The van der Waals surface area contributed by atoms with Gasteiger partial charge in [0.15, 0.2) is 0 Å². The van der Waals surface area contributed by atoms with Crippen molar-refractivity contribution in [1.82, 2.24) is 4.57 Å². The maximum Gasteiger partial charge on any atom is 0.250 e. The summed E-state index contributed by atoms with van der Waals surface area (Å²) in [5.41, 5.74) is 2.73. The van der Waals surface area contributed by atoms with Crippen LogP contribution in [0.5, 0.6) is 5.75 Å². The van der Waals surface area contributed by atoms with Crippen LogP contribution >= 0.6 is 0 Å². The molecule has 0 atom stereocenters. The van der Waals surface area contributed by atoms with E-state index in [2.05, 4.69) is 12.1 Å². The van der Waals surface area contributed by atoms with E-state index >= 15 is 0 Å². The Kier molecular flexibility index (Phi) is 5.20. The van der Waals surface area contributed by atoms with E-state index in [-0.39, 0.29) is 11.2 Å². The van der Waals surface area contributed by atoms with E-state index < -0.39 is 0 Å². The molecule has 1 aliphatic rings. The number of methoxy groups -OCH3 is 1. The molecule has 0 unspecified atom stereocenters. The van der Waals surface area contributed by atoms with Gasteiger partial charge < -0.3 is 18.8 Å². The van der Waals surface area contributed by atoms with E-state index in [0.717, 1.165) is 40.6 Å². The number of nitrogens with zero attached hydrogens (tertiary/aromatic N) is 1. The third-order valence-electron chi connectivity index (χ3n) is 5.65. The zero-order valence-electron chi connectivity index (χ0n) is 16.3. The number of hydrogen-bond donors (Lipinski definition) is 0. The smallest absolute Gasteiger partial charge is 0.250 e. The fraction of sp³-hybridized carbons (Fsp3) is 0.348. The summed E-state index contributed by atoms with van der Waals surface area (Å²) in [5.74, 6) is 0.808. The highest BCUT2D eigenvalue weighted by molar-refractivity contribution is 5.79. The highest BCUT2D eigenvalue weighted by atomic mass is 16.5. The molecule has 1 saturated heterocycles. The van der Waals surface area contributed by atoms with Crippen LogP contribution < -0.4 is 10.3 Å². The summed E-state index contributed by atoms with van der Waals surface area (Å²) in [6, 6.07) is 17.6. The molecule has 0 radical (unpaired) electrons. The number of pyridine rings is 1. The molecule has 1 aromatic heterocycles. The molecule has 5 nitrogen and oxygen atoms in total. The lowest BCUT2D eigenvalue weighted by Crippen LogP contribution is -2.35. The standard InChI is InChI=1S/C23H25NO4/c1-24-21-14-17(6-7-18(21)8-9-22(24)25)16-28-20-5-3-4-19(15-20)23(26-2)10-12-27-13-11-23/h3-9,14-15H,10-13,16H2,1-2H3. The van der Waals surface area contributed by atoms with Crippen molar-refractivity contribution in [2.75, 3.05) is 20.3 Å². The first kappa shape index (κ1) is 18.7. The average Bonchev–Trinajstić information content (AvgIpc) is 2.76. The Morgan fingerprint density at radius 2 is 1.86 bits per heavy atom. The van der Waals surface area contributed by atoms with Crippen LogP contribution in [0.4, 0.5) is 0 Å². The number of rotatable bonds is 5. The van der Waals surface area contributed by atoms with Gasteiger partial charge in [-0.05, 0) is 40.8 Å². The van der Waals surface area contributed by atoms with Crippen LogP contribution in [0.3, 0.4) is 0 Å². The second-order valence-corrected chi connectivity index (χ2v) is 7.25. The minimum absolute atomic E-state index is 0.0143.